The van der Waals surface area contributed by atoms with Crippen molar-refractivity contribution in [3.63, 3.8) is 0 Å². The van der Waals surface area contributed by atoms with Crippen LogP contribution >= 0.6 is 0 Å². The molecule has 2 fully saturated rings. The molecule has 2 aliphatic rings. The Balaban J connectivity index is 0.000000196. The summed E-state index contributed by atoms with van der Waals surface area (Å²) in [4.78, 5) is 31.6. The zero-order valence-electron chi connectivity index (χ0n) is 20.4. The SMILES string of the molecule is CCc1noc(C2CCCN(C)C2)n1.CCc1noc(C2CCCN(C)C2)n1.O=C(O)C(=O)O. The molecule has 0 aromatic carbocycles. The number of hydrogen-bond donors (Lipinski definition) is 2. The third-order valence-corrected chi connectivity index (χ3v) is 5.73. The zero-order chi connectivity index (χ0) is 25.1. The van der Waals surface area contributed by atoms with E-state index in [1.807, 2.05) is 13.8 Å². The minimum atomic E-state index is -1.82. The summed E-state index contributed by atoms with van der Waals surface area (Å²) in [7, 11) is 4.28. The lowest BCUT2D eigenvalue weighted by molar-refractivity contribution is -0.159. The van der Waals surface area contributed by atoms with Crippen LogP contribution in [0.2, 0.25) is 0 Å². The number of carbonyl (C=O) groups is 2. The van der Waals surface area contributed by atoms with Gasteiger partial charge in [-0.25, -0.2) is 9.59 Å². The fraction of sp³-hybridized carbons (Fsp3) is 0.727. The molecule has 2 atom stereocenters. The third kappa shape index (κ3) is 8.82. The Hall–Kier alpha value is -2.86. The van der Waals surface area contributed by atoms with Gasteiger partial charge in [-0.2, -0.15) is 9.97 Å². The summed E-state index contributed by atoms with van der Waals surface area (Å²) in [5.41, 5.74) is 0. The number of carboxylic acid groups (broad SMARTS) is 2. The maximum Gasteiger partial charge on any atom is 0.414 e. The molecule has 2 saturated heterocycles. The van der Waals surface area contributed by atoms with E-state index in [9.17, 15) is 0 Å². The maximum atomic E-state index is 9.10. The van der Waals surface area contributed by atoms with E-state index in [1.165, 1.54) is 38.8 Å². The zero-order valence-corrected chi connectivity index (χ0v) is 20.4. The number of hydrogen-bond acceptors (Lipinski definition) is 10. The number of nitrogens with zero attached hydrogens (tertiary/aromatic N) is 6. The van der Waals surface area contributed by atoms with Crippen LogP contribution in [0.5, 0.6) is 0 Å². The van der Waals surface area contributed by atoms with E-state index in [0.29, 0.717) is 11.8 Å². The van der Waals surface area contributed by atoms with Crippen molar-refractivity contribution in [3.8, 4) is 0 Å². The summed E-state index contributed by atoms with van der Waals surface area (Å²) >= 11 is 0. The topological polar surface area (TPSA) is 159 Å². The van der Waals surface area contributed by atoms with Gasteiger partial charge in [-0.1, -0.05) is 24.2 Å². The van der Waals surface area contributed by atoms with Crippen molar-refractivity contribution in [2.24, 2.45) is 0 Å². The Labute approximate surface area is 199 Å². The quantitative estimate of drug-likeness (QED) is 0.614. The van der Waals surface area contributed by atoms with Crippen molar-refractivity contribution in [2.45, 2.75) is 64.2 Å². The first kappa shape index (κ1) is 27.4. The molecule has 0 amide bonds. The number of likely N-dealkylation sites (N-methyl/N-ethyl adjacent to an activating group) is 2. The molecule has 0 bridgehead atoms. The number of likely N-dealkylation sites (tertiary alicyclic amines) is 2. The van der Waals surface area contributed by atoms with E-state index in [2.05, 4.69) is 44.2 Å². The van der Waals surface area contributed by atoms with E-state index >= 15 is 0 Å². The lowest BCUT2D eigenvalue weighted by Gasteiger charge is -2.27. The van der Waals surface area contributed by atoms with Crippen molar-refractivity contribution < 1.29 is 28.8 Å². The molecule has 2 aliphatic heterocycles. The fourth-order valence-electron chi connectivity index (χ4n) is 3.89. The van der Waals surface area contributed by atoms with Crippen LogP contribution in [-0.2, 0) is 22.4 Å². The average Bonchev–Trinajstić information content (AvgIpc) is 3.50. The predicted molar refractivity (Wildman–Crippen MR) is 122 cm³/mol. The number of aryl methyl sites for hydroxylation is 2. The van der Waals surface area contributed by atoms with Gasteiger partial charge >= 0.3 is 11.9 Å². The molecular weight excluding hydrogens is 444 g/mol. The molecule has 0 spiro atoms. The molecule has 12 heteroatoms. The average molecular weight is 481 g/mol. The van der Waals surface area contributed by atoms with Gasteiger partial charge in [-0.3, -0.25) is 0 Å². The molecule has 0 aliphatic carbocycles. The summed E-state index contributed by atoms with van der Waals surface area (Å²) in [5.74, 6) is 0.552. The summed E-state index contributed by atoms with van der Waals surface area (Å²) in [6.07, 6.45) is 6.51. The monoisotopic (exact) mass is 480 g/mol. The molecule has 12 nitrogen and oxygen atoms in total. The summed E-state index contributed by atoms with van der Waals surface area (Å²) in [5, 5.41) is 22.6. The van der Waals surface area contributed by atoms with Crippen LogP contribution in [0, 0.1) is 0 Å². The largest absolute Gasteiger partial charge is 0.473 e. The lowest BCUT2D eigenvalue weighted by atomic mass is 9.98. The number of aromatic nitrogens is 4. The first-order valence-electron chi connectivity index (χ1n) is 11.7. The van der Waals surface area contributed by atoms with Gasteiger partial charge in [0.05, 0.1) is 11.8 Å². The predicted octanol–water partition coefficient (Wildman–Crippen LogP) is 2.04. The second kappa shape index (κ2) is 13.8. The highest BCUT2D eigenvalue weighted by Crippen LogP contribution is 2.25. The van der Waals surface area contributed by atoms with Gasteiger partial charge in [0.2, 0.25) is 11.8 Å². The summed E-state index contributed by atoms with van der Waals surface area (Å²) in [6.45, 7) is 8.55. The standard InChI is InChI=1S/2C10H17N3O.C2H2O4/c2*1-3-9-11-10(14-12-9)8-5-4-6-13(2)7-8;3-1(4)2(5)6/h2*8H,3-7H2,1-2H3;(H,3,4)(H,5,6). The highest BCUT2D eigenvalue weighted by molar-refractivity contribution is 6.27. The highest BCUT2D eigenvalue weighted by atomic mass is 16.5. The van der Waals surface area contributed by atoms with Crippen LogP contribution in [0.4, 0.5) is 0 Å². The smallest absolute Gasteiger partial charge is 0.414 e. The van der Waals surface area contributed by atoms with Gasteiger partial charge in [-0.05, 0) is 52.9 Å². The van der Waals surface area contributed by atoms with E-state index in [4.69, 9.17) is 28.8 Å². The molecule has 0 saturated carbocycles. The normalized spacial score (nSPS) is 21.1. The Morgan fingerprint density at radius 2 is 1.21 bits per heavy atom. The highest BCUT2D eigenvalue weighted by Gasteiger charge is 2.24. The maximum absolute atomic E-state index is 9.10. The lowest BCUT2D eigenvalue weighted by Crippen LogP contribution is -2.30. The van der Waals surface area contributed by atoms with E-state index in [-0.39, 0.29) is 0 Å². The second-order valence-corrected chi connectivity index (χ2v) is 8.62. The van der Waals surface area contributed by atoms with Crippen molar-refractivity contribution >= 4 is 11.9 Å². The Kier molecular flexibility index (Phi) is 11.1. The molecule has 4 heterocycles. The number of carboxylic acids is 2. The minimum Gasteiger partial charge on any atom is -0.473 e. The Morgan fingerprint density at radius 3 is 1.47 bits per heavy atom. The molecular formula is C22H36N6O6. The van der Waals surface area contributed by atoms with Crippen molar-refractivity contribution in [1.29, 1.82) is 0 Å². The second-order valence-electron chi connectivity index (χ2n) is 8.62. The van der Waals surface area contributed by atoms with Gasteiger partial charge < -0.3 is 29.1 Å². The van der Waals surface area contributed by atoms with Crippen LogP contribution < -0.4 is 0 Å². The van der Waals surface area contributed by atoms with Crippen LogP contribution in [0.25, 0.3) is 0 Å². The third-order valence-electron chi connectivity index (χ3n) is 5.73. The first-order chi connectivity index (χ1) is 16.2. The van der Waals surface area contributed by atoms with Crippen LogP contribution in [0.1, 0.15) is 74.8 Å². The van der Waals surface area contributed by atoms with Crippen LogP contribution in [-0.4, -0.2) is 92.5 Å². The van der Waals surface area contributed by atoms with E-state index < -0.39 is 11.9 Å². The molecule has 190 valence electrons. The van der Waals surface area contributed by atoms with Crippen LogP contribution in [0.15, 0.2) is 9.05 Å². The van der Waals surface area contributed by atoms with Crippen molar-refractivity contribution in [1.82, 2.24) is 30.1 Å². The van der Waals surface area contributed by atoms with Crippen molar-refractivity contribution in [3.05, 3.63) is 23.4 Å². The summed E-state index contributed by atoms with van der Waals surface area (Å²) in [6, 6.07) is 0. The molecule has 34 heavy (non-hydrogen) atoms. The fourth-order valence-corrected chi connectivity index (χ4v) is 3.89. The molecule has 2 N–H and O–H groups in total. The Bertz CT molecular complexity index is 828. The molecule has 4 rings (SSSR count). The molecule has 2 aromatic rings. The number of piperidine rings is 2. The van der Waals surface area contributed by atoms with Gasteiger partial charge in [0, 0.05) is 25.9 Å². The molecule has 2 aromatic heterocycles. The van der Waals surface area contributed by atoms with E-state index in [0.717, 1.165) is 49.4 Å². The Morgan fingerprint density at radius 1 is 0.824 bits per heavy atom. The molecule has 2 unspecified atom stereocenters. The van der Waals surface area contributed by atoms with Gasteiger partial charge in [-0.15, -0.1) is 0 Å². The van der Waals surface area contributed by atoms with Gasteiger partial charge in [0.1, 0.15) is 0 Å². The number of rotatable bonds is 4. The minimum absolute atomic E-state index is 0.446. The van der Waals surface area contributed by atoms with Gasteiger partial charge in [0.25, 0.3) is 0 Å². The van der Waals surface area contributed by atoms with Crippen LogP contribution in [0.3, 0.4) is 0 Å². The number of aliphatic carboxylic acids is 2. The van der Waals surface area contributed by atoms with E-state index in [1.54, 1.807) is 0 Å². The summed E-state index contributed by atoms with van der Waals surface area (Å²) < 4.78 is 10.5. The first-order valence-corrected chi connectivity index (χ1v) is 11.7. The van der Waals surface area contributed by atoms with Crippen molar-refractivity contribution in [2.75, 3.05) is 40.3 Å². The van der Waals surface area contributed by atoms with Gasteiger partial charge in [0.15, 0.2) is 11.6 Å². The molecule has 0 radical (unpaired) electrons.